The smallest absolute Gasteiger partial charge is 0.331 e. The number of halogens is 1. The van der Waals surface area contributed by atoms with Crippen LogP contribution >= 0.6 is 11.6 Å². The van der Waals surface area contributed by atoms with Crippen LogP contribution in [0.4, 0.5) is 0 Å². The van der Waals surface area contributed by atoms with Gasteiger partial charge in [-0.05, 0) is 55.5 Å². The second kappa shape index (κ2) is 13.9. The molecule has 2 aliphatic rings. The molecular formula is C33H39ClN4O7. The van der Waals surface area contributed by atoms with Crippen molar-refractivity contribution in [1.82, 2.24) is 18.9 Å². The highest BCUT2D eigenvalue weighted by molar-refractivity contribution is 6.34. The number of fused-ring (bicyclic) bond motifs is 1. The maximum absolute atomic E-state index is 13.6. The number of piperidine rings is 1. The number of hydrogen-bond acceptors (Lipinski definition) is 7. The average Bonchev–Trinajstić information content (AvgIpc) is 3.20. The largest absolute Gasteiger partial charge is 0.497 e. The number of carbonyl (C=O) groups excluding carboxylic acids is 2. The van der Waals surface area contributed by atoms with E-state index in [2.05, 4.69) is 0 Å². The molecule has 0 N–H and O–H groups in total. The molecule has 0 spiro atoms. The van der Waals surface area contributed by atoms with Gasteiger partial charge in [-0.15, -0.1) is 0 Å². The number of nitrogens with zero attached hydrogens (tertiary/aromatic N) is 4. The second-order valence-corrected chi connectivity index (χ2v) is 11.9. The van der Waals surface area contributed by atoms with Crippen molar-refractivity contribution in [2.75, 3.05) is 47.6 Å². The van der Waals surface area contributed by atoms with Crippen LogP contribution in [0.2, 0.25) is 5.02 Å². The number of rotatable bonds is 9. The van der Waals surface area contributed by atoms with Crippen molar-refractivity contribution in [3.63, 3.8) is 0 Å². The Morgan fingerprint density at radius 2 is 1.73 bits per heavy atom. The number of methoxy groups -OCH3 is 3. The third-order valence-corrected chi connectivity index (χ3v) is 9.16. The summed E-state index contributed by atoms with van der Waals surface area (Å²) in [6.07, 6.45) is 3.77. The van der Waals surface area contributed by atoms with E-state index in [0.717, 1.165) is 27.9 Å². The molecule has 240 valence electrons. The van der Waals surface area contributed by atoms with E-state index in [-0.39, 0.29) is 41.6 Å². The van der Waals surface area contributed by atoms with Gasteiger partial charge < -0.3 is 24.0 Å². The zero-order valence-corrected chi connectivity index (χ0v) is 26.8. The summed E-state index contributed by atoms with van der Waals surface area (Å²) in [7, 11) is 4.60. The van der Waals surface area contributed by atoms with Crippen LogP contribution in [0.3, 0.4) is 0 Å². The minimum absolute atomic E-state index is 0.0269. The molecule has 5 rings (SSSR count). The predicted molar refractivity (Wildman–Crippen MR) is 170 cm³/mol. The first-order valence-electron chi connectivity index (χ1n) is 15.1. The average molecular weight is 639 g/mol. The summed E-state index contributed by atoms with van der Waals surface area (Å²) in [5, 5.41) is 0.229. The van der Waals surface area contributed by atoms with Gasteiger partial charge in [0.05, 0.1) is 43.9 Å². The third kappa shape index (κ3) is 6.64. The van der Waals surface area contributed by atoms with Gasteiger partial charge in [-0.2, -0.15) is 0 Å². The Morgan fingerprint density at radius 3 is 2.42 bits per heavy atom. The fourth-order valence-electron chi connectivity index (χ4n) is 6.32. The second-order valence-electron chi connectivity index (χ2n) is 11.5. The molecule has 45 heavy (non-hydrogen) atoms. The normalized spacial score (nSPS) is 16.2. The number of amides is 2. The van der Waals surface area contributed by atoms with Gasteiger partial charge in [0.1, 0.15) is 18.0 Å². The van der Waals surface area contributed by atoms with Gasteiger partial charge in [-0.1, -0.05) is 29.8 Å². The van der Waals surface area contributed by atoms with Crippen LogP contribution in [-0.2, 0) is 33.7 Å². The summed E-state index contributed by atoms with van der Waals surface area (Å²) >= 11 is 6.57. The molecule has 0 unspecified atom stereocenters. The Kier molecular flexibility index (Phi) is 9.99. The van der Waals surface area contributed by atoms with Crippen LogP contribution < -0.4 is 20.7 Å². The highest BCUT2D eigenvalue weighted by Gasteiger charge is 2.32. The first-order valence-corrected chi connectivity index (χ1v) is 15.4. The summed E-state index contributed by atoms with van der Waals surface area (Å²) in [5.41, 5.74) is 1.57. The van der Waals surface area contributed by atoms with Gasteiger partial charge in [0.2, 0.25) is 11.8 Å². The first-order chi connectivity index (χ1) is 21.7. The maximum atomic E-state index is 13.6. The predicted octanol–water partition coefficient (Wildman–Crippen LogP) is 3.17. The Morgan fingerprint density at radius 1 is 0.978 bits per heavy atom. The molecular weight excluding hydrogens is 600 g/mol. The van der Waals surface area contributed by atoms with Crippen molar-refractivity contribution in [3.8, 4) is 22.6 Å². The maximum Gasteiger partial charge on any atom is 0.331 e. The van der Waals surface area contributed by atoms with Crippen molar-refractivity contribution >= 4 is 23.4 Å². The van der Waals surface area contributed by atoms with Crippen molar-refractivity contribution in [2.45, 2.75) is 51.2 Å². The number of benzene rings is 2. The van der Waals surface area contributed by atoms with E-state index < -0.39 is 17.3 Å². The lowest BCUT2D eigenvalue weighted by Gasteiger charge is -2.38. The summed E-state index contributed by atoms with van der Waals surface area (Å²) in [6, 6.07) is 10.3. The van der Waals surface area contributed by atoms with Crippen LogP contribution in [-0.4, -0.2) is 84.4 Å². The number of likely N-dealkylation sites (tertiary alicyclic amines) is 1. The minimum Gasteiger partial charge on any atom is -0.497 e. The standard InChI is InChI=1S/C33H39ClN4O7/c1-21(20-43-2)38-32(41)27(26-6-5-7-28(45-4)31(26)34)18-36(33(38)42)19-30(40)35-13-11-24(12-14-35)37-15-10-23-16-25(44-3)9-8-22(23)17-29(37)39/h5-9,16,18,21,24H,10-15,17,19-20H2,1-4H3/t21-/m1/s1. The fourth-order valence-corrected chi connectivity index (χ4v) is 6.63. The van der Waals surface area contributed by atoms with E-state index in [9.17, 15) is 19.2 Å². The topological polar surface area (TPSA) is 112 Å². The number of hydrogen-bond donors (Lipinski definition) is 0. The number of aromatic nitrogens is 2. The summed E-state index contributed by atoms with van der Waals surface area (Å²) in [4.78, 5) is 57.6. The monoisotopic (exact) mass is 638 g/mol. The molecule has 0 saturated carbocycles. The molecule has 2 aliphatic heterocycles. The summed E-state index contributed by atoms with van der Waals surface area (Å²) < 4.78 is 18.3. The van der Waals surface area contributed by atoms with Gasteiger partial charge in [0.25, 0.3) is 5.56 Å². The van der Waals surface area contributed by atoms with Gasteiger partial charge in [0, 0.05) is 44.5 Å². The molecule has 1 aromatic heterocycles. The molecule has 3 heterocycles. The van der Waals surface area contributed by atoms with Crippen LogP contribution in [0, 0.1) is 0 Å². The van der Waals surface area contributed by atoms with E-state index in [0.29, 0.717) is 50.2 Å². The van der Waals surface area contributed by atoms with Crippen LogP contribution in [0.25, 0.3) is 11.1 Å². The van der Waals surface area contributed by atoms with E-state index >= 15 is 0 Å². The minimum atomic E-state index is -0.609. The number of carbonyl (C=O) groups is 2. The van der Waals surface area contributed by atoms with Crippen LogP contribution in [0.1, 0.15) is 36.9 Å². The van der Waals surface area contributed by atoms with Crippen molar-refractivity contribution in [3.05, 3.63) is 79.6 Å². The molecule has 0 bridgehead atoms. The van der Waals surface area contributed by atoms with Crippen LogP contribution in [0.5, 0.6) is 11.5 Å². The summed E-state index contributed by atoms with van der Waals surface area (Å²) in [6.45, 7) is 3.11. The zero-order chi connectivity index (χ0) is 32.2. The van der Waals surface area contributed by atoms with Gasteiger partial charge in [0.15, 0.2) is 0 Å². The molecule has 11 nitrogen and oxygen atoms in total. The Bertz CT molecular complexity index is 1690. The Balaban J connectivity index is 1.33. The lowest BCUT2D eigenvalue weighted by atomic mass is 10.0. The van der Waals surface area contributed by atoms with Gasteiger partial charge >= 0.3 is 5.69 Å². The molecule has 1 fully saturated rings. The molecule has 0 aliphatic carbocycles. The summed E-state index contributed by atoms with van der Waals surface area (Å²) in [5.74, 6) is 1.01. The lowest BCUT2D eigenvalue weighted by Crippen LogP contribution is -2.50. The Hall–Kier alpha value is -4.09. The fraction of sp³-hybridized carbons (Fsp3) is 0.455. The molecule has 1 atom stereocenters. The van der Waals surface area contributed by atoms with Crippen molar-refractivity contribution < 1.29 is 23.8 Å². The highest BCUT2D eigenvalue weighted by atomic mass is 35.5. The SMILES string of the molecule is COC[C@@H](C)n1c(=O)c(-c2cccc(OC)c2Cl)cn(CC(=O)N2CCC(N3CCc4cc(OC)ccc4CC3=O)CC2)c1=O. The van der Waals surface area contributed by atoms with E-state index in [1.54, 1.807) is 37.1 Å². The zero-order valence-electron chi connectivity index (χ0n) is 26.1. The van der Waals surface area contributed by atoms with Crippen LogP contribution in [0.15, 0.2) is 52.2 Å². The quantitative estimate of drug-likeness (QED) is 0.354. The Labute approximate surface area is 266 Å². The van der Waals surface area contributed by atoms with Crippen molar-refractivity contribution in [1.29, 1.82) is 0 Å². The third-order valence-electron chi connectivity index (χ3n) is 8.77. The molecule has 2 aromatic carbocycles. The van der Waals surface area contributed by atoms with E-state index in [1.807, 2.05) is 23.1 Å². The molecule has 1 saturated heterocycles. The van der Waals surface area contributed by atoms with E-state index in [1.165, 1.54) is 25.0 Å². The molecule has 3 aromatic rings. The van der Waals surface area contributed by atoms with Gasteiger partial charge in [-0.25, -0.2) is 4.79 Å². The molecule has 12 heteroatoms. The van der Waals surface area contributed by atoms with Crippen molar-refractivity contribution in [2.24, 2.45) is 0 Å². The number of ether oxygens (including phenoxy) is 3. The lowest BCUT2D eigenvalue weighted by molar-refractivity contribution is -0.136. The van der Waals surface area contributed by atoms with Gasteiger partial charge in [-0.3, -0.25) is 23.5 Å². The first kappa shape index (κ1) is 32.3. The molecule has 0 radical (unpaired) electrons. The van der Waals surface area contributed by atoms with E-state index in [4.69, 9.17) is 25.8 Å². The highest BCUT2D eigenvalue weighted by Crippen LogP contribution is 2.33. The molecule has 2 amide bonds.